The van der Waals surface area contributed by atoms with E-state index in [2.05, 4.69) is 17.1 Å². The van der Waals surface area contributed by atoms with Crippen LogP contribution >= 0.6 is 0 Å². The van der Waals surface area contributed by atoms with Gasteiger partial charge in [0.05, 0.1) is 23.9 Å². The molecule has 1 aromatic heterocycles. The lowest BCUT2D eigenvalue weighted by molar-refractivity contribution is 0.0935. The second kappa shape index (κ2) is 6.34. The van der Waals surface area contributed by atoms with Gasteiger partial charge in [0.25, 0.3) is 0 Å². The molecule has 4 aromatic rings. The van der Waals surface area contributed by atoms with Crippen molar-refractivity contribution in [3.8, 4) is 5.75 Å². The molecule has 4 heteroatoms. The first-order valence-electron chi connectivity index (χ1n) is 7.99. The van der Waals surface area contributed by atoms with Crippen LogP contribution < -0.4 is 4.74 Å². The highest BCUT2D eigenvalue weighted by atomic mass is 16.5. The lowest BCUT2D eigenvalue weighted by atomic mass is 10.1. The second-order valence-corrected chi connectivity index (χ2v) is 5.86. The number of hydrogen-bond acceptors (Lipinski definition) is 3. The lowest BCUT2D eigenvalue weighted by Crippen LogP contribution is -2.23. The van der Waals surface area contributed by atoms with Crippen molar-refractivity contribution < 1.29 is 9.84 Å². The smallest absolute Gasteiger partial charge is 0.120 e. The third-order valence-corrected chi connectivity index (χ3v) is 4.10. The van der Waals surface area contributed by atoms with E-state index in [1.165, 1.54) is 5.39 Å². The molecule has 1 unspecified atom stereocenters. The Morgan fingerprint density at radius 1 is 0.958 bits per heavy atom. The fraction of sp³-hybridized carbons (Fsp3) is 0.150. The van der Waals surface area contributed by atoms with Crippen LogP contribution in [0.3, 0.4) is 0 Å². The average molecular weight is 318 g/mol. The van der Waals surface area contributed by atoms with Crippen LogP contribution in [-0.2, 0) is 6.54 Å². The number of nitrogens with zero attached hydrogens (tertiary/aromatic N) is 2. The van der Waals surface area contributed by atoms with Crippen molar-refractivity contribution in [2.75, 3.05) is 6.61 Å². The zero-order valence-electron chi connectivity index (χ0n) is 13.2. The summed E-state index contributed by atoms with van der Waals surface area (Å²) >= 11 is 0. The highest BCUT2D eigenvalue weighted by Crippen LogP contribution is 2.21. The van der Waals surface area contributed by atoms with E-state index in [1.807, 2.05) is 59.2 Å². The minimum Gasteiger partial charge on any atom is -0.491 e. The maximum atomic E-state index is 10.3. The molecule has 24 heavy (non-hydrogen) atoms. The van der Waals surface area contributed by atoms with Crippen molar-refractivity contribution >= 4 is 21.8 Å². The number of rotatable bonds is 5. The summed E-state index contributed by atoms with van der Waals surface area (Å²) in [4.78, 5) is 4.34. The predicted octanol–water partition coefficient (Wildman–Crippen LogP) is 3.63. The van der Waals surface area contributed by atoms with Gasteiger partial charge >= 0.3 is 0 Å². The molecule has 0 radical (unpaired) electrons. The number of aromatic nitrogens is 2. The van der Waals surface area contributed by atoms with Gasteiger partial charge in [0, 0.05) is 0 Å². The van der Waals surface area contributed by atoms with Gasteiger partial charge in [-0.2, -0.15) is 0 Å². The Morgan fingerprint density at radius 3 is 2.67 bits per heavy atom. The van der Waals surface area contributed by atoms with E-state index in [-0.39, 0.29) is 6.61 Å². The van der Waals surface area contributed by atoms with Crippen LogP contribution in [-0.4, -0.2) is 27.4 Å². The molecule has 0 spiro atoms. The van der Waals surface area contributed by atoms with Crippen molar-refractivity contribution in [2.45, 2.75) is 12.6 Å². The summed E-state index contributed by atoms with van der Waals surface area (Å²) in [6.07, 6.45) is 1.15. The number of para-hydroxylation sites is 2. The van der Waals surface area contributed by atoms with Crippen LogP contribution in [0.2, 0.25) is 0 Å². The molecule has 1 atom stereocenters. The molecule has 120 valence electrons. The molecule has 0 saturated heterocycles. The Balaban J connectivity index is 1.43. The van der Waals surface area contributed by atoms with Crippen LogP contribution in [0.15, 0.2) is 73.1 Å². The van der Waals surface area contributed by atoms with Gasteiger partial charge in [-0.3, -0.25) is 0 Å². The summed E-state index contributed by atoms with van der Waals surface area (Å²) in [7, 11) is 0. The quantitative estimate of drug-likeness (QED) is 0.611. The molecule has 0 aliphatic rings. The first-order valence-corrected chi connectivity index (χ1v) is 7.99. The summed E-state index contributed by atoms with van der Waals surface area (Å²) in [5.41, 5.74) is 1.95. The number of ether oxygens (including phenoxy) is 1. The minimum absolute atomic E-state index is 0.241. The summed E-state index contributed by atoms with van der Waals surface area (Å²) in [6, 6.07) is 22.0. The van der Waals surface area contributed by atoms with E-state index in [4.69, 9.17) is 4.74 Å². The molecule has 0 amide bonds. The normalized spacial score (nSPS) is 12.5. The maximum absolute atomic E-state index is 10.3. The van der Waals surface area contributed by atoms with Gasteiger partial charge < -0.3 is 14.4 Å². The Kier molecular flexibility index (Phi) is 3.89. The monoisotopic (exact) mass is 318 g/mol. The van der Waals surface area contributed by atoms with Gasteiger partial charge in [-0.05, 0) is 35.0 Å². The van der Waals surface area contributed by atoms with E-state index in [1.54, 1.807) is 6.33 Å². The number of hydrogen-bond donors (Lipinski definition) is 1. The molecule has 4 nitrogen and oxygen atoms in total. The van der Waals surface area contributed by atoms with Crippen LogP contribution in [0.4, 0.5) is 0 Å². The SMILES string of the molecule is OC(COc1ccc2ccccc2c1)Cn1cnc2ccccc21. The van der Waals surface area contributed by atoms with Gasteiger partial charge in [-0.25, -0.2) is 4.98 Å². The molecule has 1 N–H and O–H groups in total. The fourth-order valence-corrected chi connectivity index (χ4v) is 2.89. The number of fused-ring (bicyclic) bond motifs is 2. The largest absolute Gasteiger partial charge is 0.491 e. The molecule has 0 aliphatic heterocycles. The van der Waals surface area contributed by atoms with E-state index in [0.29, 0.717) is 6.54 Å². The number of aliphatic hydroxyl groups excluding tert-OH is 1. The van der Waals surface area contributed by atoms with Crippen LogP contribution in [0.5, 0.6) is 5.75 Å². The molecule has 1 heterocycles. The molecule has 0 fully saturated rings. The van der Waals surface area contributed by atoms with Crippen molar-refractivity contribution in [1.29, 1.82) is 0 Å². The summed E-state index contributed by atoms with van der Waals surface area (Å²) in [6.45, 7) is 0.693. The predicted molar refractivity (Wildman–Crippen MR) is 95.2 cm³/mol. The highest BCUT2D eigenvalue weighted by molar-refractivity contribution is 5.83. The zero-order valence-corrected chi connectivity index (χ0v) is 13.2. The fourth-order valence-electron chi connectivity index (χ4n) is 2.89. The molecule has 4 rings (SSSR count). The van der Waals surface area contributed by atoms with Crippen LogP contribution in [0.1, 0.15) is 0 Å². The average Bonchev–Trinajstić information content (AvgIpc) is 3.03. The molecule has 0 bridgehead atoms. The van der Waals surface area contributed by atoms with Gasteiger partial charge in [-0.1, -0.05) is 42.5 Å². The maximum Gasteiger partial charge on any atom is 0.120 e. The lowest BCUT2D eigenvalue weighted by Gasteiger charge is -2.14. The van der Waals surface area contributed by atoms with Gasteiger partial charge in [0.2, 0.25) is 0 Å². The topological polar surface area (TPSA) is 47.3 Å². The molecule has 0 aliphatic carbocycles. The Morgan fingerprint density at radius 2 is 1.75 bits per heavy atom. The number of benzene rings is 3. The standard InChI is InChI=1S/C20H18N2O2/c23-17(12-22-14-21-19-7-3-4-8-20(19)22)13-24-18-10-9-15-5-1-2-6-16(15)11-18/h1-11,14,17,23H,12-13H2. The molecular weight excluding hydrogens is 300 g/mol. The summed E-state index contributed by atoms with van der Waals surface area (Å²) < 4.78 is 7.70. The summed E-state index contributed by atoms with van der Waals surface area (Å²) in [5.74, 6) is 0.767. The zero-order chi connectivity index (χ0) is 16.4. The van der Waals surface area contributed by atoms with Crippen molar-refractivity contribution in [2.24, 2.45) is 0 Å². The van der Waals surface area contributed by atoms with Crippen molar-refractivity contribution in [1.82, 2.24) is 9.55 Å². The van der Waals surface area contributed by atoms with E-state index < -0.39 is 6.10 Å². The first-order chi connectivity index (χ1) is 11.8. The van der Waals surface area contributed by atoms with Gasteiger partial charge in [-0.15, -0.1) is 0 Å². The Hall–Kier alpha value is -2.85. The van der Waals surface area contributed by atoms with E-state index in [9.17, 15) is 5.11 Å². The van der Waals surface area contributed by atoms with Crippen molar-refractivity contribution in [3.63, 3.8) is 0 Å². The number of aliphatic hydroxyl groups is 1. The highest BCUT2D eigenvalue weighted by Gasteiger charge is 2.09. The molecule has 0 saturated carbocycles. The minimum atomic E-state index is -0.603. The van der Waals surface area contributed by atoms with Crippen LogP contribution in [0, 0.1) is 0 Å². The third kappa shape index (κ3) is 2.96. The van der Waals surface area contributed by atoms with E-state index in [0.717, 1.165) is 22.2 Å². The van der Waals surface area contributed by atoms with Gasteiger partial charge in [0.15, 0.2) is 0 Å². The number of imidazole rings is 1. The Bertz CT molecular complexity index is 977. The third-order valence-electron chi connectivity index (χ3n) is 4.10. The molecule has 3 aromatic carbocycles. The first kappa shape index (κ1) is 14.7. The van der Waals surface area contributed by atoms with E-state index >= 15 is 0 Å². The Labute approximate surface area is 139 Å². The van der Waals surface area contributed by atoms with Gasteiger partial charge in [0.1, 0.15) is 18.5 Å². The second-order valence-electron chi connectivity index (χ2n) is 5.86. The summed E-state index contributed by atoms with van der Waals surface area (Å²) in [5, 5.41) is 12.6. The van der Waals surface area contributed by atoms with Crippen molar-refractivity contribution in [3.05, 3.63) is 73.1 Å². The van der Waals surface area contributed by atoms with Crippen LogP contribution in [0.25, 0.3) is 21.8 Å². The molecular formula is C20H18N2O2.